The molecular formula is C24H25N3O2. The van der Waals surface area contributed by atoms with Gasteiger partial charge in [-0.25, -0.2) is 0 Å². The summed E-state index contributed by atoms with van der Waals surface area (Å²) in [4.78, 5) is 29.6. The summed E-state index contributed by atoms with van der Waals surface area (Å²) in [6.07, 6.45) is 3.74. The van der Waals surface area contributed by atoms with Gasteiger partial charge in [-0.2, -0.15) is 0 Å². The molecule has 1 aromatic heterocycles. The van der Waals surface area contributed by atoms with Gasteiger partial charge in [-0.15, -0.1) is 0 Å². The third kappa shape index (κ3) is 4.51. The Bertz CT molecular complexity index is 1070. The van der Waals surface area contributed by atoms with Crippen molar-refractivity contribution in [1.82, 2.24) is 4.98 Å². The number of para-hydroxylation sites is 1. The molecule has 0 fully saturated rings. The van der Waals surface area contributed by atoms with Crippen molar-refractivity contribution in [3.05, 3.63) is 88.2 Å². The fourth-order valence-electron chi connectivity index (χ4n) is 3.16. The molecular weight excluding hydrogens is 362 g/mol. The number of nitrogens with one attached hydrogen (secondary N) is 2. The number of aryl methyl sites for hydroxylation is 3. The SMILES string of the molecule is CCc1cccc(C)c1NC(=O)c1cncc(C(=O)Nc2cccc(C)c2C)c1. The largest absolute Gasteiger partial charge is 0.322 e. The van der Waals surface area contributed by atoms with E-state index in [4.69, 9.17) is 0 Å². The van der Waals surface area contributed by atoms with Crippen molar-refractivity contribution in [2.45, 2.75) is 34.1 Å². The molecule has 148 valence electrons. The zero-order chi connectivity index (χ0) is 21.0. The molecule has 2 N–H and O–H groups in total. The van der Waals surface area contributed by atoms with Crippen molar-refractivity contribution in [3.8, 4) is 0 Å². The molecule has 5 nitrogen and oxygen atoms in total. The number of hydrogen-bond acceptors (Lipinski definition) is 3. The van der Waals surface area contributed by atoms with Crippen LogP contribution in [0, 0.1) is 20.8 Å². The minimum Gasteiger partial charge on any atom is -0.322 e. The molecule has 5 heteroatoms. The van der Waals surface area contributed by atoms with Crippen molar-refractivity contribution < 1.29 is 9.59 Å². The smallest absolute Gasteiger partial charge is 0.257 e. The lowest BCUT2D eigenvalue weighted by atomic mass is 10.1. The van der Waals surface area contributed by atoms with Crippen LogP contribution in [-0.4, -0.2) is 16.8 Å². The Morgan fingerprint density at radius 3 is 2.17 bits per heavy atom. The summed E-state index contributed by atoms with van der Waals surface area (Å²) < 4.78 is 0. The molecule has 2 aromatic carbocycles. The first kappa shape index (κ1) is 20.3. The highest BCUT2D eigenvalue weighted by Gasteiger charge is 2.15. The van der Waals surface area contributed by atoms with Gasteiger partial charge in [0.1, 0.15) is 0 Å². The van der Waals surface area contributed by atoms with Crippen molar-refractivity contribution in [2.24, 2.45) is 0 Å². The fourth-order valence-corrected chi connectivity index (χ4v) is 3.16. The standard InChI is InChI=1S/C24H25N3O2/c1-5-18-10-6-9-16(3)22(18)27-24(29)20-12-19(13-25-14-20)23(28)26-21-11-7-8-15(2)17(21)4/h6-14H,5H2,1-4H3,(H,26,28)(H,27,29). The number of pyridine rings is 1. The van der Waals surface area contributed by atoms with Gasteiger partial charge in [0, 0.05) is 23.8 Å². The van der Waals surface area contributed by atoms with Gasteiger partial charge in [-0.3, -0.25) is 14.6 Å². The number of aromatic nitrogens is 1. The summed E-state index contributed by atoms with van der Waals surface area (Å²) in [6.45, 7) is 7.96. The predicted octanol–water partition coefficient (Wildman–Crippen LogP) is 5.07. The molecule has 2 amide bonds. The van der Waals surface area contributed by atoms with Crippen LogP contribution in [0.3, 0.4) is 0 Å². The van der Waals surface area contributed by atoms with E-state index in [1.54, 1.807) is 6.07 Å². The summed E-state index contributed by atoms with van der Waals surface area (Å²) in [5, 5.41) is 5.87. The van der Waals surface area contributed by atoms with Gasteiger partial charge in [-0.05, 0) is 61.6 Å². The van der Waals surface area contributed by atoms with E-state index in [2.05, 4.69) is 15.6 Å². The van der Waals surface area contributed by atoms with E-state index < -0.39 is 0 Å². The minimum absolute atomic E-state index is 0.289. The number of nitrogens with zero attached hydrogens (tertiary/aromatic N) is 1. The van der Waals surface area contributed by atoms with E-state index in [0.29, 0.717) is 11.1 Å². The van der Waals surface area contributed by atoms with Crippen LogP contribution in [0.15, 0.2) is 54.9 Å². The maximum atomic E-state index is 12.8. The van der Waals surface area contributed by atoms with Crippen LogP contribution in [0.1, 0.15) is 49.9 Å². The highest BCUT2D eigenvalue weighted by Crippen LogP contribution is 2.22. The summed E-state index contributed by atoms with van der Waals surface area (Å²) in [5.41, 5.74) is 6.39. The lowest BCUT2D eigenvalue weighted by Gasteiger charge is -2.13. The molecule has 1 heterocycles. The summed E-state index contributed by atoms with van der Waals surface area (Å²) in [6, 6.07) is 13.2. The Balaban J connectivity index is 1.81. The molecule has 0 saturated carbocycles. The molecule has 0 aliphatic heterocycles. The van der Waals surface area contributed by atoms with Gasteiger partial charge in [-0.1, -0.05) is 37.3 Å². The fraction of sp³-hybridized carbons (Fsp3) is 0.208. The van der Waals surface area contributed by atoms with Gasteiger partial charge in [0.2, 0.25) is 0 Å². The van der Waals surface area contributed by atoms with E-state index >= 15 is 0 Å². The van der Waals surface area contributed by atoms with Gasteiger partial charge in [0.25, 0.3) is 11.8 Å². The molecule has 3 rings (SSSR count). The molecule has 0 unspecified atom stereocenters. The first-order valence-electron chi connectivity index (χ1n) is 9.63. The third-order valence-corrected chi connectivity index (χ3v) is 5.09. The normalized spacial score (nSPS) is 10.5. The Labute approximate surface area is 171 Å². The first-order valence-corrected chi connectivity index (χ1v) is 9.63. The van der Waals surface area contributed by atoms with E-state index in [0.717, 1.165) is 40.0 Å². The van der Waals surface area contributed by atoms with Crippen molar-refractivity contribution in [2.75, 3.05) is 10.6 Å². The van der Waals surface area contributed by atoms with Crippen molar-refractivity contribution in [3.63, 3.8) is 0 Å². The number of amides is 2. The number of carbonyl (C=O) groups excluding carboxylic acids is 2. The molecule has 0 radical (unpaired) electrons. The van der Waals surface area contributed by atoms with Crippen LogP contribution < -0.4 is 10.6 Å². The molecule has 0 saturated heterocycles. The summed E-state index contributed by atoms with van der Waals surface area (Å²) >= 11 is 0. The molecule has 0 spiro atoms. The van der Waals surface area contributed by atoms with Gasteiger partial charge in [0.15, 0.2) is 0 Å². The van der Waals surface area contributed by atoms with Crippen LogP contribution in [0.25, 0.3) is 0 Å². The highest BCUT2D eigenvalue weighted by atomic mass is 16.2. The second-order valence-electron chi connectivity index (χ2n) is 7.08. The topological polar surface area (TPSA) is 71.1 Å². The zero-order valence-corrected chi connectivity index (χ0v) is 17.2. The molecule has 0 atom stereocenters. The Hall–Kier alpha value is -3.47. The Morgan fingerprint density at radius 2 is 1.48 bits per heavy atom. The van der Waals surface area contributed by atoms with E-state index in [1.807, 2.05) is 64.1 Å². The lowest BCUT2D eigenvalue weighted by Crippen LogP contribution is -2.17. The maximum Gasteiger partial charge on any atom is 0.257 e. The van der Waals surface area contributed by atoms with Crippen LogP contribution >= 0.6 is 0 Å². The predicted molar refractivity (Wildman–Crippen MR) is 117 cm³/mol. The second kappa shape index (κ2) is 8.69. The molecule has 0 bridgehead atoms. The summed E-state index contributed by atoms with van der Waals surface area (Å²) in [7, 11) is 0. The summed E-state index contributed by atoms with van der Waals surface area (Å²) in [5.74, 6) is -0.589. The van der Waals surface area contributed by atoms with E-state index in [1.165, 1.54) is 12.4 Å². The van der Waals surface area contributed by atoms with Gasteiger partial charge < -0.3 is 10.6 Å². The van der Waals surface area contributed by atoms with Crippen LogP contribution in [0.5, 0.6) is 0 Å². The third-order valence-electron chi connectivity index (χ3n) is 5.09. The van der Waals surface area contributed by atoms with Crippen LogP contribution in [0.4, 0.5) is 11.4 Å². The monoisotopic (exact) mass is 387 g/mol. The van der Waals surface area contributed by atoms with Gasteiger partial charge >= 0.3 is 0 Å². The van der Waals surface area contributed by atoms with Gasteiger partial charge in [0.05, 0.1) is 11.1 Å². The average molecular weight is 387 g/mol. The highest BCUT2D eigenvalue weighted by molar-refractivity contribution is 6.09. The maximum absolute atomic E-state index is 12.8. The second-order valence-corrected chi connectivity index (χ2v) is 7.08. The zero-order valence-electron chi connectivity index (χ0n) is 17.2. The quantitative estimate of drug-likeness (QED) is 0.642. The number of rotatable bonds is 5. The van der Waals surface area contributed by atoms with Crippen molar-refractivity contribution >= 4 is 23.2 Å². The van der Waals surface area contributed by atoms with Crippen LogP contribution in [0.2, 0.25) is 0 Å². The molecule has 0 aliphatic rings. The van der Waals surface area contributed by atoms with Crippen molar-refractivity contribution in [1.29, 1.82) is 0 Å². The minimum atomic E-state index is -0.300. The number of hydrogen-bond donors (Lipinski definition) is 2. The molecule has 0 aliphatic carbocycles. The number of anilines is 2. The van der Waals surface area contributed by atoms with E-state index in [9.17, 15) is 9.59 Å². The number of carbonyl (C=O) groups is 2. The number of benzene rings is 2. The molecule has 29 heavy (non-hydrogen) atoms. The van der Waals surface area contributed by atoms with E-state index in [-0.39, 0.29) is 11.8 Å². The molecule has 3 aromatic rings. The van der Waals surface area contributed by atoms with Crippen LogP contribution in [-0.2, 0) is 6.42 Å². The average Bonchev–Trinajstić information content (AvgIpc) is 2.72. The lowest BCUT2D eigenvalue weighted by molar-refractivity contribution is 0.102. The Kier molecular flexibility index (Phi) is 6.07. The Morgan fingerprint density at radius 1 is 0.862 bits per heavy atom. The first-order chi connectivity index (χ1) is 13.9.